The number of amides is 1. The summed E-state index contributed by atoms with van der Waals surface area (Å²) in [4.78, 5) is 20.6. The number of hydrogen-bond donors (Lipinski definition) is 2. The van der Waals surface area contributed by atoms with Gasteiger partial charge in [-0.25, -0.2) is 4.98 Å². The third kappa shape index (κ3) is 10.0. The minimum atomic E-state index is -0.0803. The molecule has 0 aliphatic heterocycles. The topological polar surface area (TPSA) is 57.8 Å². The Kier molecular flexibility index (Phi) is 12.9. The molecule has 4 nitrogen and oxygen atoms in total. The maximum absolute atomic E-state index is 10.6. The average Bonchev–Trinajstić information content (AvgIpc) is 3.07. The van der Waals surface area contributed by atoms with Gasteiger partial charge in [0.2, 0.25) is 5.91 Å². The molecule has 32 heavy (non-hydrogen) atoms. The van der Waals surface area contributed by atoms with Gasteiger partial charge < -0.3 is 10.3 Å². The lowest BCUT2D eigenvalue weighted by Crippen LogP contribution is -2.17. The fourth-order valence-electron chi connectivity index (χ4n) is 2.44. The number of fused-ring (bicyclic) bond motifs is 1. The first kappa shape index (κ1) is 27.3. The van der Waals surface area contributed by atoms with Crippen LogP contribution >= 0.6 is 23.4 Å². The number of carbonyl (C=O) groups is 1. The average molecular weight is 470 g/mol. The van der Waals surface area contributed by atoms with E-state index < -0.39 is 0 Å². The van der Waals surface area contributed by atoms with Crippen LogP contribution in [-0.2, 0) is 4.79 Å². The van der Waals surface area contributed by atoms with E-state index in [1.165, 1.54) is 22.3 Å². The van der Waals surface area contributed by atoms with Gasteiger partial charge in [-0.2, -0.15) is 0 Å². The zero-order valence-electron chi connectivity index (χ0n) is 19.4. The molecule has 0 atom stereocenters. The fraction of sp³-hybridized carbons (Fsp3) is 0.231. The van der Waals surface area contributed by atoms with Crippen LogP contribution in [0.4, 0.5) is 0 Å². The minimum absolute atomic E-state index is 0.0803. The van der Waals surface area contributed by atoms with Crippen molar-refractivity contribution in [3.8, 4) is 0 Å². The lowest BCUT2D eigenvalue weighted by atomic mass is 10.3. The molecule has 0 aromatic carbocycles. The highest BCUT2D eigenvalue weighted by Crippen LogP contribution is 2.35. The second kappa shape index (κ2) is 15.1. The third-order valence-electron chi connectivity index (χ3n) is 3.82. The van der Waals surface area contributed by atoms with Crippen molar-refractivity contribution in [2.75, 3.05) is 0 Å². The molecule has 0 spiro atoms. The van der Waals surface area contributed by atoms with Crippen LogP contribution in [0.1, 0.15) is 41.0 Å². The maximum atomic E-state index is 10.6. The summed E-state index contributed by atoms with van der Waals surface area (Å²) in [5.74, 6) is -0.0803. The molecular formula is C26H32ClN3OS. The molecule has 170 valence electrons. The van der Waals surface area contributed by atoms with Gasteiger partial charge in [0.15, 0.2) is 0 Å². The Hall–Kier alpha value is -2.76. The number of H-pyrrole nitrogens is 1. The van der Waals surface area contributed by atoms with Crippen molar-refractivity contribution in [3.63, 3.8) is 0 Å². The van der Waals surface area contributed by atoms with E-state index in [9.17, 15) is 4.79 Å². The standard InChI is InChI=1S/C14H11ClN2S.C10H15NO.C2H6/c15-10-3-1-4-11(7-6-10)18-13-9-17-14-12(13)5-2-8-16-14;1-5-10(11-9(4)12)7-6-8(2)3;1-2/h1-3,5-9H,4H2,(H,16,17);5-7H,1H2,2-4H3,(H,11,12);1-2H3/b;10-7+;. The summed E-state index contributed by atoms with van der Waals surface area (Å²) in [7, 11) is 0. The van der Waals surface area contributed by atoms with Crippen molar-refractivity contribution in [2.45, 2.75) is 45.9 Å². The summed E-state index contributed by atoms with van der Waals surface area (Å²) in [6, 6.07) is 4.04. The van der Waals surface area contributed by atoms with Crippen molar-refractivity contribution in [1.82, 2.24) is 15.3 Å². The molecule has 0 saturated carbocycles. The summed E-state index contributed by atoms with van der Waals surface area (Å²) in [5, 5.41) is 4.57. The zero-order chi connectivity index (χ0) is 23.9. The quantitative estimate of drug-likeness (QED) is 0.439. The van der Waals surface area contributed by atoms with Crippen LogP contribution in [0.5, 0.6) is 0 Å². The number of carbonyl (C=O) groups excluding carboxylic acids is 1. The monoisotopic (exact) mass is 469 g/mol. The van der Waals surface area contributed by atoms with Crippen LogP contribution in [0, 0.1) is 0 Å². The Labute approximate surface area is 200 Å². The first-order valence-electron chi connectivity index (χ1n) is 10.5. The van der Waals surface area contributed by atoms with Gasteiger partial charge in [-0.15, -0.1) is 0 Å². The molecule has 2 N–H and O–H groups in total. The summed E-state index contributed by atoms with van der Waals surface area (Å²) in [5.41, 5.74) is 2.83. The maximum Gasteiger partial charge on any atom is 0.221 e. The van der Waals surface area contributed by atoms with Crippen LogP contribution in [0.3, 0.4) is 0 Å². The van der Waals surface area contributed by atoms with Gasteiger partial charge in [-0.3, -0.25) is 4.79 Å². The Balaban J connectivity index is 0.000000322. The van der Waals surface area contributed by atoms with Crippen molar-refractivity contribution >= 4 is 40.3 Å². The van der Waals surface area contributed by atoms with Crippen LogP contribution < -0.4 is 5.32 Å². The number of allylic oxidation sites excluding steroid dienone is 10. The Morgan fingerprint density at radius 1 is 1.25 bits per heavy atom. The largest absolute Gasteiger partial charge is 0.345 e. The van der Waals surface area contributed by atoms with Gasteiger partial charge in [-0.1, -0.05) is 67.6 Å². The molecule has 1 aliphatic carbocycles. The number of nitrogens with zero attached hydrogens (tertiary/aromatic N) is 1. The van der Waals surface area contributed by atoms with Crippen LogP contribution in [0.25, 0.3) is 11.0 Å². The van der Waals surface area contributed by atoms with Crippen molar-refractivity contribution in [3.05, 3.63) is 94.8 Å². The number of nitrogens with one attached hydrogen (secondary N) is 2. The molecule has 0 saturated heterocycles. The molecule has 0 unspecified atom stereocenters. The van der Waals surface area contributed by atoms with Crippen LogP contribution in [0.15, 0.2) is 99.7 Å². The first-order chi connectivity index (χ1) is 15.4. The van der Waals surface area contributed by atoms with E-state index in [-0.39, 0.29) is 5.91 Å². The van der Waals surface area contributed by atoms with Gasteiger partial charge in [-0.05, 0) is 61.6 Å². The number of halogens is 1. The van der Waals surface area contributed by atoms with Crippen molar-refractivity contribution in [1.29, 1.82) is 0 Å². The van der Waals surface area contributed by atoms with Gasteiger partial charge in [0.25, 0.3) is 0 Å². The first-order valence-corrected chi connectivity index (χ1v) is 11.7. The smallest absolute Gasteiger partial charge is 0.221 e. The van der Waals surface area contributed by atoms with Crippen LogP contribution in [-0.4, -0.2) is 15.9 Å². The summed E-state index contributed by atoms with van der Waals surface area (Å²) >= 11 is 7.72. The molecule has 0 fully saturated rings. The molecule has 2 heterocycles. The SMILES string of the molecule is C=C/C(=C\C=C(C)C)NC(C)=O.CC.ClC1=CC=C(Sc2c[nH]c3ncccc23)CC=C1. The number of thioether (sulfide) groups is 1. The lowest BCUT2D eigenvalue weighted by Gasteiger charge is -2.01. The van der Waals surface area contributed by atoms with E-state index >= 15 is 0 Å². The van der Waals surface area contributed by atoms with Crippen molar-refractivity contribution < 1.29 is 4.79 Å². The Bertz CT molecular complexity index is 1050. The highest BCUT2D eigenvalue weighted by molar-refractivity contribution is 8.03. The second-order valence-electron chi connectivity index (χ2n) is 6.70. The summed E-state index contributed by atoms with van der Waals surface area (Å²) in [6.07, 6.45) is 18.1. The molecule has 3 rings (SSSR count). The minimum Gasteiger partial charge on any atom is -0.345 e. The molecule has 1 amide bonds. The van der Waals surface area contributed by atoms with E-state index in [2.05, 4.69) is 40.1 Å². The third-order valence-corrected chi connectivity index (χ3v) is 5.19. The van der Waals surface area contributed by atoms with Gasteiger partial charge >= 0.3 is 0 Å². The highest BCUT2D eigenvalue weighted by Gasteiger charge is 2.07. The van der Waals surface area contributed by atoms with E-state index in [1.807, 2.05) is 64.3 Å². The fourth-order valence-corrected chi connectivity index (χ4v) is 3.58. The number of hydrogen-bond acceptors (Lipinski definition) is 3. The van der Waals surface area contributed by atoms with E-state index in [0.29, 0.717) is 0 Å². The number of rotatable bonds is 5. The molecule has 1 aliphatic rings. The van der Waals surface area contributed by atoms with Gasteiger partial charge in [0, 0.05) is 40.3 Å². The van der Waals surface area contributed by atoms with E-state index in [1.54, 1.807) is 24.0 Å². The van der Waals surface area contributed by atoms with Crippen molar-refractivity contribution in [2.24, 2.45) is 0 Å². The zero-order valence-corrected chi connectivity index (χ0v) is 21.0. The molecule has 2 aromatic rings. The highest BCUT2D eigenvalue weighted by atomic mass is 35.5. The normalized spacial score (nSPS) is 12.8. The summed E-state index contributed by atoms with van der Waals surface area (Å²) < 4.78 is 0. The predicted molar refractivity (Wildman–Crippen MR) is 141 cm³/mol. The lowest BCUT2D eigenvalue weighted by molar-refractivity contribution is -0.118. The van der Waals surface area contributed by atoms with Gasteiger partial charge in [0.1, 0.15) is 5.65 Å². The molecular weight excluding hydrogens is 438 g/mol. The molecule has 6 heteroatoms. The van der Waals surface area contributed by atoms with E-state index in [4.69, 9.17) is 11.6 Å². The molecule has 2 aromatic heterocycles. The number of aromatic nitrogens is 2. The van der Waals surface area contributed by atoms with Crippen LogP contribution in [0.2, 0.25) is 0 Å². The number of aromatic amines is 1. The predicted octanol–water partition coefficient (Wildman–Crippen LogP) is 7.81. The summed E-state index contributed by atoms with van der Waals surface area (Å²) in [6.45, 7) is 13.0. The second-order valence-corrected chi connectivity index (χ2v) is 8.30. The Morgan fingerprint density at radius 2 is 2.00 bits per heavy atom. The number of pyridine rings is 1. The molecule has 0 radical (unpaired) electrons. The van der Waals surface area contributed by atoms with E-state index in [0.717, 1.165) is 28.2 Å². The molecule has 0 bridgehead atoms. The van der Waals surface area contributed by atoms with Gasteiger partial charge in [0.05, 0.1) is 0 Å². The Morgan fingerprint density at radius 3 is 2.66 bits per heavy atom.